The van der Waals surface area contributed by atoms with Gasteiger partial charge in [0, 0.05) is 55.4 Å². The molecule has 6 rings (SSSR count). The summed E-state index contributed by atoms with van der Waals surface area (Å²) in [6.07, 6.45) is 8.78. The van der Waals surface area contributed by atoms with Crippen LogP contribution in [0.1, 0.15) is 74.7 Å². The zero-order chi connectivity index (χ0) is 26.3. The van der Waals surface area contributed by atoms with Crippen LogP contribution in [0.3, 0.4) is 0 Å². The van der Waals surface area contributed by atoms with Gasteiger partial charge in [-0.2, -0.15) is 0 Å². The van der Waals surface area contributed by atoms with E-state index < -0.39 is 0 Å². The third-order valence-electron chi connectivity index (χ3n) is 9.06. The number of carbonyl (C=O) groups excluding carboxylic acids is 2. The largest absolute Gasteiger partial charge is 0.371 e. The summed E-state index contributed by atoms with van der Waals surface area (Å²) in [6, 6.07) is 16.1. The number of rotatable bonds is 4. The van der Waals surface area contributed by atoms with Gasteiger partial charge in [-0.15, -0.1) is 0 Å². The van der Waals surface area contributed by atoms with Crippen LogP contribution in [-0.4, -0.2) is 47.9 Å². The van der Waals surface area contributed by atoms with E-state index in [1.165, 1.54) is 11.3 Å². The molecule has 1 N–H and O–H groups in total. The highest BCUT2D eigenvalue weighted by Crippen LogP contribution is 2.42. The monoisotopic (exact) mass is 508 g/mol. The van der Waals surface area contributed by atoms with Gasteiger partial charge in [0.2, 0.25) is 0 Å². The first-order valence-electron chi connectivity index (χ1n) is 13.9. The summed E-state index contributed by atoms with van der Waals surface area (Å²) in [5, 5.41) is 3.26. The fraction of sp³-hybridized carbons (Fsp3) is 0.406. The highest BCUT2D eigenvalue weighted by molar-refractivity contribution is 5.97. The highest BCUT2D eigenvalue weighted by atomic mass is 16.2. The first-order valence-corrected chi connectivity index (χ1v) is 13.9. The van der Waals surface area contributed by atoms with Gasteiger partial charge in [-0.1, -0.05) is 24.3 Å². The minimum Gasteiger partial charge on any atom is -0.371 e. The van der Waals surface area contributed by atoms with Crippen LogP contribution in [0, 0.1) is 19.3 Å². The lowest BCUT2D eigenvalue weighted by Gasteiger charge is -2.40. The van der Waals surface area contributed by atoms with Gasteiger partial charge < -0.3 is 15.1 Å². The van der Waals surface area contributed by atoms with Gasteiger partial charge in [-0.05, 0) is 97.9 Å². The minimum absolute atomic E-state index is 0.0326. The number of piperidine rings is 1. The fourth-order valence-electron chi connectivity index (χ4n) is 6.78. The van der Waals surface area contributed by atoms with Gasteiger partial charge >= 0.3 is 0 Å². The number of nitrogens with one attached hydrogen (secondary N) is 1. The number of carbonyl (C=O) groups is 2. The molecule has 0 radical (unpaired) electrons. The molecule has 196 valence electrons. The third kappa shape index (κ3) is 4.57. The van der Waals surface area contributed by atoms with Crippen molar-refractivity contribution in [3.63, 3.8) is 0 Å². The molecule has 1 aromatic heterocycles. The standard InChI is InChI=1S/C32H36N4O2/c1-22-4-3-5-23(2)29(22)30(37)34-28-9-8-24-6-7-25(20-27(24)28)31(38)36-19-14-32(21-36)12-17-35(18-13-32)26-10-15-33-16-11-26/h3-7,10-11,15-16,20,28H,8-9,12-14,17-19,21H2,1-2H3,(H,34,37). The molecule has 0 saturated carbocycles. The summed E-state index contributed by atoms with van der Waals surface area (Å²) in [5.41, 5.74) is 7.24. The van der Waals surface area contributed by atoms with Crippen molar-refractivity contribution in [3.8, 4) is 0 Å². The number of hydrogen-bond donors (Lipinski definition) is 1. The number of nitrogens with zero attached hydrogens (tertiary/aromatic N) is 3. The number of benzene rings is 2. The number of anilines is 1. The minimum atomic E-state index is -0.0632. The SMILES string of the molecule is Cc1cccc(C)c1C(=O)NC1CCc2ccc(C(=O)N3CCC4(CCN(c5ccncc5)CC4)C3)cc21. The Balaban J connectivity index is 1.12. The Hall–Kier alpha value is -3.67. The second-order valence-electron chi connectivity index (χ2n) is 11.4. The second-order valence-corrected chi connectivity index (χ2v) is 11.4. The van der Waals surface area contributed by atoms with E-state index >= 15 is 0 Å². The molecular formula is C32H36N4O2. The van der Waals surface area contributed by atoms with E-state index in [4.69, 9.17) is 0 Å². The highest BCUT2D eigenvalue weighted by Gasteiger charge is 2.42. The Morgan fingerprint density at radius 2 is 1.66 bits per heavy atom. The number of aromatic nitrogens is 1. The van der Waals surface area contributed by atoms with Crippen molar-refractivity contribution in [1.29, 1.82) is 0 Å². The molecule has 38 heavy (non-hydrogen) atoms. The summed E-state index contributed by atoms with van der Waals surface area (Å²) >= 11 is 0. The first kappa shape index (κ1) is 24.7. The average Bonchev–Trinajstić information content (AvgIpc) is 3.53. The van der Waals surface area contributed by atoms with Gasteiger partial charge in [0.05, 0.1) is 6.04 Å². The van der Waals surface area contributed by atoms with Gasteiger partial charge in [0.1, 0.15) is 0 Å². The van der Waals surface area contributed by atoms with Crippen molar-refractivity contribution >= 4 is 17.5 Å². The van der Waals surface area contributed by atoms with Crippen LogP contribution in [0.15, 0.2) is 60.9 Å². The molecule has 2 aromatic carbocycles. The maximum Gasteiger partial charge on any atom is 0.253 e. The molecule has 2 fully saturated rings. The maximum absolute atomic E-state index is 13.6. The zero-order valence-corrected chi connectivity index (χ0v) is 22.4. The number of aryl methyl sites for hydroxylation is 3. The van der Waals surface area contributed by atoms with Crippen LogP contribution in [-0.2, 0) is 6.42 Å². The Bertz CT molecular complexity index is 1340. The molecule has 6 nitrogen and oxygen atoms in total. The van der Waals surface area contributed by atoms with Crippen molar-refractivity contribution in [2.75, 3.05) is 31.1 Å². The topological polar surface area (TPSA) is 65.5 Å². The summed E-state index contributed by atoms with van der Waals surface area (Å²) in [7, 11) is 0. The molecule has 1 atom stereocenters. The fourth-order valence-corrected chi connectivity index (χ4v) is 6.78. The van der Waals surface area contributed by atoms with Crippen LogP contribution < -0.4 is 10.2 Å². The van der Waals surface area contributed by atoms with E-state index in [1.54, 1.807) is 0 Å². The molecular weight excluding hydrogens is 472 g/mol. The first-order chi connectivity index (χ1) is 18.4. The molecule has 6 heteroatoms. The molecule has 3 aromatic rings. The lowest BCUT2D eigenvalue weighted by atomic mass is 9.77. The Labute approximate surface area is 225 Å². The van der Waals surface area contributed by atoms with Crippen molar-refractivity contribution in [2.24, 2.45) is 5.41 Å². The molecule has 1 aliphatic carbocycles. The molecule has 2 aliphatic heterocycles. The van der Waals surface area contributed by atoms with E-state index in [2.05, 4.69) is 38.3 Å². The Morgan fingerprint density at radius 3 is 2.39 bits per heavy atom. The van der Waals surface area contributed by atoms with E-state index in [0.29, 0.717) is 0 Å². The predicted octanol–water partition coefficient (Wildman–Crippen LogP) is 5.25. The van der Waals surface area contributed by atoms with Gasteiger partial charge in [0.15, 0.2) is 0 Å². The lowest BCUT2D eigenvalue weighted by Crippen LogP contribution is -2.42. The van der Waals surface area contributed by atoms with Crippen LogP contribution in [0.25, 0.3) is 0 Å². The second kappa shape index (κ2) is 9.90. The summed E-state index contributed by atoms with van der Waals surface area (Å²) < 4.78 is 0. The predicted molar refractivity (Wildman–Crippen MR) is 150 cm³/mol. The lowest BCUT2D eigenvalue weighted by molar-refractivity contribution is 0.0764. The Morgan fingerprint density at radius 1 is 0.947 bits per heavy atom. The van der Waals surface area contributed by atoms with Gasteiger partial charge in [-0.25, -0.2) is 0 Å². The number of pyridine rings is 1. The molecule has 2 saturated heterocycles. The Kier molecular flexibility index (Phi) is 6.42. The molecule has 3 aliphatic rings. The molecule has 1 spiro atoms. The van der Waals surface area contributed by atoms with Crippen LogP contribution in [0.4, 0.5) is 5.69 Å². The molecule has 0 bridgehead atoms. The molecule has 1 unspecified atom stereocenters. The molecule has 3 heterocycles. The van der Waals surface area contributed by atoms with Crippen LogP contribution in [0.2, 0.25) is 0 Å². The number of likely N-dealkylation sites (tertiary alicyclic amines) is 1. The number of hydrogen-bond acceptors (Lipinski definition) is 4. The van der Waals surface area contributed by atoms with Gasteiger partial charge in [0.25, 0.3) is 11.8 Å². The summed E-state index contributed by atoms with van der Waals surface area (Å²) in [4.78, 5) is 35.4. The molecule has 2 amide bonds. The van der Waals surface area contributed by atoms with E-state index in [0.717, 1.165) is 86.1 Å². The average molecular weight is 509 g/mol. The number of fused-ring (bicyclic) bond motifs is 1. The van der Waals surface area contributed by atoms with Crippen molar-refractivity contribution < 1.29 is 9.59 Å². The summed E-state index contributed by atoms with van der Waals surface area (Å²) in [5.74, 6) is 0.0859. The maximum atomic E-state index is 13.6. The van der Waals surface area contributed by atoms with Crippen LogP contribution >= 0.6 is 0 Å². The van der Waals surface area contributed by atoms with E-state index in [9.17, 15) is 9.59 Å². The van der Waals surface area contributed by atoms with E-state index in [1.807, 2.05) is 56.6 Å². The zero-order valence-electron chi connectivity index (χ0n) is 22.4. The summed E-state index contributed by atoms with van der Waals surface area (Å²) in [6.45, 7) is 7.65. The smallest absolute Gasteiger partial charge is 0.253 e. The van der Waals surface area contributed by atoms with Crippen molar-refractivity contribution in [1.82, 2.24) is 15.2 Å². The van der Waals surface area contributed by atoms with E-state index in [-0.39, 0.29) is 23.3 Å². The third-order valence-corrected chi connectivity index (χ3v) is 9.06. The van der Waals surface area contributed by atoms with Crippen molar-refractivity contribution in [2.45, 2.75) is 52.0 Å². The van der Waals surface area contributed by atoms with Gasteiger partial charge in [-0.3, -0.25) is 14.6 Å². The van der Waals surface area contributed by atoms with Crippen LogP contribution in [0.5, 0.6) is 0 Å². The van der Waals surface area contributed by atoms with Crippen molar-refractivity contribution in [3.05, 3.63) is 94.3 Å². The normalized spacial score (nSPS) is 20.0. The quantitative estimate of drug-likeness (QED) is 0.523. The number of amides is 2.